The SMILES string of the molecule is CCCCCCCCCCCCCCCCc1ccc(C2=C(CCCC)C(CCCC)=C(c3ccc(CCCCCCCCCCCCCCCC)cc3)[N+]2=[N-])cc1. The highest BCUT2D eigenvalue weighted by Crippen LogP contribution is 2.44. The van der Waals surface area contributed by atoms with Gasteiger partial charge in [-0.2, -0.15) is 0 Å². The summed E-state index contributed by atoms with van der Waals surface area (Å²) in [6.45, 7) is 9.17. The zero-order valence-electron chi connectivity index (χ0n) is 39.0. The van der Waals surface area contributed by atoms with E-state index in [0.717, 1.165) is 73.9 Å². The minimum Gasteiger partial charge on any atom is -0.493 e. The smallest absolute Gasteiger partial charge is 0.211 e. The zero-order valence-corrected chi connectivity index (χ0v) is 39.0. The highest BCUT2D eigenvalue weighted by molar-refractivity contribution is 5.82. The first-order valence-electron chi connectivity index (χ1n) is 25.8. The molecule has 0 fully saturated rings. The van der Waals surface area contributed by atoms with Crippen molar-refractivity contribution in [2.24, 2.45) is 0 Å². The van der Waals surface area contributed by atoms with E-state index in [2.05, 4.69) is 76.2 Å². The predicted octanol–water partition coefficient (Wildman–Crippen LogP) is 19.3. The third-order valence-corrected chi connectivity index (χ3v) is 13.0. The van der Waals surface area contributed by atoms with Crippen LogP contribution in [-0.2, 0) is 12.8 Å². The van der Waals surface area contributed by atoms with Gasteiger partial charge in [0.15, 0.2) is 0 Å². The second kappa shape index (κ2) is 33.3. The Balaban J connectivity index is 1.45. The zero-order chi connectivity index (χ0) is 41.3. The summed E-state index contributed by atoms with van der Waals surface area (Å²) in [5.41, 5.74) is 21.9. The molecule has 1 aliphatic rings. The van der Waals surface area contributed by atoms with Gasteiger partial charge in [0.1, 0.15) is 0 Å². The molecule has 0 saturated heterocycles. The van der Waals surface area contributed by atoms with Gasteiger partial charge in [0, 0.05) is 22.3 Å². The predicted molar refractivity (Wildman–Crippen MR) is 257 cm³/mol. The van der Waals surface area contributed by atoms with Crippen molar-refractivity contribution in [3.8, 4) is 0 Å². The van der Waals surface area contributed by atoms with Gasteiger partial charge < -0.3 is 5.53 Å². The maximum atomic E-state index is 12.0. The van der Waals surface area contributed by atoms with E-state index in [-0.39, 0.29) is 0 Å². The molecule has 0 saturated carbocycles. The van der Waals surface area contributed by atoms with Gasteiger partial charge in [0.25, 0.3) is 0 Å². The summed E-state index contributed by atoms with van der Waals surface area (Å²) in [6.07, 6.45) is 48.2. The summed E-state index contributed by atoms with van der Waals surface area (Å²) in [7, 11) is 0. The first-order chi connectivity index (χ1) is 28.6. The summed E-state index contributed by atoms with van der Waals surface area (Å²) >= 11 is 0. The molecule has 0 atom stereocenters. The molecule has 0 spiro atoms. The van der Waals surface area contributed by atoms with E-state index in [1.807, 2.05) is 0 Å². The van der Waals surface area contributed by atoms with Crippen LogP contribution in [0.25, 0.3) is 16.9 Å². The van der Waals surface area contributed by atoms with E-state index in [1.54, 1.807) is 4.70 Å². The Kier molecular flexibility index (Phi) is 28.6. The van der Waals surface area contributed by atoms with Crippen molar-refractivity contribution in [3.05, 3.63) is 87.5 Å². The van der Waals surface area contributed by atoms with Crippen LogP contribution in [0.4, 0.5) is 0 Å². The topological polar surface area (TPSA) is 25.3 Å². The summed E-state index contributed by atoms with van der Waals surface area (Å²) < 4.78 is 1.57. The Morgan fingerprint density at radius 1 is 0.293 bits per heavy atom. The van der Waals surface area contributed by atoms with Crippen molar-refractivity contribution in [2.75, 3.05) is 0 Å². The van der Waals surface area contributed by atoms with Gasteiger partial charge in [-0.1, -0.05) is 232 Å². The number of unbranched alkanes of at least 4 members (excludes halogenated alkanes) is 28. The largest absolute Gasteiger partial charge is 0.493 e. The molecule has 326 valence electrons. The van der Waals surface area contributed by atoms with Crippen molar-refractivity contribution in [1.29, 1.82) is 0 Å². The minimum atomic E-state index is 1.02. The molecule has 0 N–H and O–H groups in total. The highest BCUT2D eigenvalue weighted by atomic mass is 15.2. The molecule has 0 bridgehead atoms. The monoisotopic (exact) mass is 793 g/mol. The highest BCUT2D eigenvalue weighted by Gasteiger charge is 2.35. The van der Waals surface area contributed by atoms with Gasteiger partial charge in [0.2, 0.25) is 11.4 Å². The number of rotatable bonds is 38. The van der Waals surface area contributed by atoms with E-state index in [9.17, 15) is 5.53 Å². The fourth-order valence-corrected chi connectivity index (χ4v) is 9.20. The van der Waals surface area contributed by atoms with E-state index < -0.39 is 0 Å². The van der Waals surface area contributed by atoms with Gasteiger partial charge in [0.05, 0.1) is 0 Å². The van der Waals surface area contributed by atoms with Gasteiger partial charge in [-0.15, -0.1) is 0 Å². The molecule has 0 aromatic heterocycles. The quantitative estimate of drug-likeness (QED) is 0.0478. The summed E-state index contributed by atoms with van der Waals surface area (Å²) in [4.78, 5) is 0. The molecule has 0 amide bonds. The minimum absolute atomic E-state index is 1.02. The molecule has 1 aliphatic heterocycles. The molecule has 2 nitrogen and oxygen atoms in total. The molecular weight excluding hydrogens is 701 g/mol. The molecule has 0 radical (unpaired) electrons. The number of hydrogen-bond acceptors (Lipinski definition) is 0. The van der Waals surface area contributed by atoms with Gasteiger partial charge in [-0.05, 0) is 86.8 Å². The second-order valence-corrected chi connectivity index (χ2v) is 18.3. The molecule has 2 aromatic rings. The Hall–Kier alpha value is -2.48. The molecule has 2 aromatic carbocycles. The fraction of sp³-hybridized carbons (Fsp3) is 0.714. The van der Waals surface area contributed by atoms with E-state index >= 15 is 0 Å². The first-order valence-corrected chi connectivity index (χ1v) is 25.8. The number of allylic oxidation sites excluding steroid dienone is 2. The third kappa shape index (κ3) is 20.2. The molecule has 0 unspecified atom stereocenters. The number of aryl methyl sites for hydroxylation is 2. The van der Waals surface area contributed by atoms with Crippen LogP contribution >= 0.6 is 0 Å². The van der Waals surface area contributed by atoms with Crippen LogP contribution in [0.3, 0.4) is 0 Å². The first kappa shape index (κ1) is 49.9. The molecule has 2 heteroatoms. The van der Waals surface area contributed by atoms with Crippen molar-refractivity contribution in [1.82, 2.24) is 0 Å². The van der Waals surface area contributed by atoms with Crippen LogP contribution in [0.15, 0.2) is 59.7 Å². The lowest BCUT2D eigenvalue weighted by molar-refractivity contribution is -0.345. The van der Waals surface area contributed by atoms with Crippen LogP contribution in [0.2, 0.25) is 0 Å². The number of hydrogen-bond donors (Lipinski definition) is 0. The molecular formula is C56H92N2. The van der Waals surface area contributed by atoms with Crippen molar-refractivity contribution in [3.63, 3.8) is 0 Å². The van der Waals surface area contributed by atoms with Crippen LogP contribution in [0.5, 0.6) is 0 Å². The van der Waals surface area contributed by atoms with Gasteiger partial charge in [-0.25, -0.2) is 4.70 Å². The summed E-state index contributed by atoms with van der Waals surface area (Å²) in [5.74, 6) is 0. The van der Waals surface area contributed by atoms with Crippen LogP contribution in [0.1, 0.15) is 268 Å². The van der Waals surface area contributed by atoms with Crippen molar-refractivity contribution >= 4 is 11.4 Å². The second-order valence-electron chi connectivity index (χ2n) is 18.3. The van der Waals surface area contributed by atoms with Crippen molar-refractivity contribution in [2.45, 2.75) is 259 Å². The Labute approximate surface area is 361 Å². The lowest BCUT2D eigenvalue weighted by atomic mass is 9.92. The summed E-state index contributed by atoms with van der Waals surface area (Å²) in [5, 5.41) is 0. The Bertz CT molecular complexity index is 1270. The lowest BCUT2D eigenvalue weighted by Gasteiger charge is -2.11. The molecule has 1 heterocycles. The normalized spacial score (nSPS) is 13.1. The average Bonchev–Trinajstić information content (AvgIpc) is 3.52. The summed E-state index contributed by atoms with van der Waals surface area (Å²) in [6, 6.07) is 18.4. The Morgan fingerprint density at radius 3 is 0.793 bits per heavy atom. The van der Waals surface area contributed by atoms with E-state index in [1.165, 1.54) is 202 Å². The third-order valence-electron chi connectivity index (χ3n) is 13.0. The molecule has 0 aliphatic carbocycles. The van der Waals surface area contributed by atoms with Gasteiger partial charge in [-0.3, -0.25) is 0 Å². The maximum absolute atomic E-state index is 12.0. The molecule has 58 heavy (non-hydrogen) atoms. The standard InChI is InChI=1S/C56H92N2/c1-5-9-13-15-17-19-21-23-25-27-29-31-33-35-37-49-41-45-51(46-42-49)55-53(39-11-7-3)54(40-12-8-4)56(58(55)57)52-47-43-50(44-48-52)38-36-34-32-30-28-26-24-22-20-18-16-14-10-6-2/h41-48H,5-40H2,1-4H3. The lowest BCUT2D eigenvalue weighted by Crippen LogP contribution is -2.03. The van der Waals surface area contributed by atoms with Gasteiger partial charge >= 0.3 is 0 Å². The van der Waals surface area contributed by atoms with Crippen molar-refractivity contribution < 1.29 is 4.70 Å². The maximum Gasteiger partial charge on any atom is 0.211 e. The number of nitrogens with zero attached hydrogens (tertiary/aromatic N) is 2. The van der Waals surface area contributed by atoms with Crippen LogP contribution in [0, 0.1) is 0 Å². The number of benzene rings is 2. The van der Waals surface area contributed by atoms with E-state index in [0.29, 0.717) is 0 Å². The van der Waals surface area contributed by atoms with Crippen LogP contribution < -0.4 is 0 Å². The molecule has 3 rings (SSSR count). The fourth-order valence-electron chi connectivity index (χ4n) is 9.20. The Morgan fingerprint density at radius 2 is 0.534 bits per heavy atom. The average molecular weight is 793 g/mol. The van der Waals surface area contributed by atoms with E-state index in [4.69, 9.17) is 0 Å². The van der Waals surface area contributed by atoms with Crippen LogP contribution in [-0.4, -0.2) is 4.70 Å².